The van der Waals surface area contributed by atoms with Gasteiger partial charge in [-0.05, 0) is 52.4 Å². The van der Waals surface area contributed by atoms with Crippen molar-refractivity contribution in [2.75, 3.05) is 31.7 Å². The Balaban J connectivity index is 1.12. The number of anilines is 2. The normalized spacial score (nSPS) is 23.6. The number of morpholine rings is 1. The number of hydrogen-bond donors (Lipinski definition) is 3. The van der Waals surface area contributed by atoms with E-state index >= 15 is 0 Å². The summed E-state index contributed by atoms with van der Waals surface area (Å²) in [5.41, 5.74) is 1.35. The number of nitrogens with zero attached hydrogens (tertiary/aromatic N) is 6. The number of aromatic nitrogens is 4. The first-order valence-electron chi connectivity index (χ1n) is 16.8. The molecule has 1 aliphatic carbocycles. The van der Waals surface area contributed by atoms with E-state index in [1.54, 1.807) is 32.6 Å². The average molecular weight is 780 g/mol. The van der Waals surface area contributed by atoms with Gasteiger partial charge in [-0.1, -0.05) is 0 Å². The van der Waals surface area contributed by atoms with Gasteiger partial charge in [-0.25, -0.2) is 9.97 Å². The first kappa shape index (κ1) is 35.1. The molecule has 2 saturated heterocycles. The van der Waals surface area contributed by atoms with Crippen molar-refractivity contribution in [3.8, 4) is 22.8 Å². The molecule has 2 aromatic heterocycles. The van der Waals surface area contributed by atoms with Crippen LogP contribution in [0.3, 0.4) is 0 Å². The molecule has 3 fully saturated rings. The van der Waals surface area contributed by atoms with Crippen LogP contribution in [0.5, 0.6) is 11.6 Å². The molecule has 2 aliphatic heterocycles. The fourth-order valence-corrected chi connectivity index (χ4v) is 7.27. The number of hydrogen-bond acceptors (Lipinski definition) is 10. The molecule has 3 aliphatic rings. The van der Waals surface area contributed by atoms with Crippen molar-refractivity contribution in [1.29, 1.82) is 0 Å². The molecule has 14 heteroatoms. The summed E-state index contributed by atoms with van der Waals surface area (Å²) >= 11 is 7.46. The van der Waals surface area contributed by atoms with Gasteiger partial charge < -0.3 is 19.9 Å². The molecular weight excluding hydrogens is 735 g/mol. The SMILES string of the molecule is C[C@@H](CN=CN[CH]=[In])Oc1cc(-c2cnc(Nc3cn(C4CCC(N5[C@@H]6CC[C@H]5COC6)CC4)nc3OCC(C)(C)O)nc2)ccc1Cl. The molecule has 3 N–H and O–H groups in total. The molecule has 3 aromatic rings. The van der Waals surface area contributed by atoms with E-state index in [9.17, 15) is 5.11 Å². The van der Waals surface area contributed by atoms with E-state index in [1.165, 1.54) is 12.8 Å². The van der Waals surface area contributed by atoms with Crippen LogP contribution in [-0.4, -0.2) is 120 Å². The minimum absolute atomic E-state index is 0.104. The monoisotopic (exact) mass is 779 g/mol. The zero-order valence-corrected chi connectivity index (χ0v) is 31.9. The Morgan fingerprint density at radius 1 is 1.08 bits per heavy atom. The van der Waals surface area contributed by atoms with Crippen LogP contribution in [0.1, 0.15) is 65.3 Å². The Labute approximate surface area is 301 Å². The van der Waals surface area contributed by atoms with Crippen molar-refractivity contribution >= 4 is 57.3 Å². The van der Waals surface area contributed by atoms with E-state index in [0.717, 1.165) is 73.9 Å². The van der Waals surface area contributed by atoms with Gasteiger partial charge in [0.15, 0.2) is 0 Å². The van der Waals surface area contributed by atoms with Crippen LogP contribution in [0.25, 0.3) is 11.1 Å². The first-order valence-corrected chi connectivity index (χ1v) is 19.1. The van der Waals surface area contributed by atoms with E-state index in [4.69, 9.17) is 30.9 Å². The Kier molecular flexibility index (Phi) is 11.6. The molecule has 3 atom stereocenters. The van der Waals surface area contributed by atoms with E-state index in [1.807, 2.05) is 39.9 Å². The molecule has 12 nitrogen and oxygen atoms in total. The molecule has 4 heterocycles. The summed E-state index contributed by atoms with van der Waals surface area (Å²) in [6, 6.07) is 7.66. The number of ether oxygens (including phenoxy) is 3. The molecule has 0 spiro atoms. The maximum absolute atomic E-state index is 10.4. The van der Waals surface area contributed by atoms with Gasteiger partial charge in [-0.3, -0.25) is 9.58 Å². The van der Waals surface area contributed by atoms with Crippen molar-refractivity contribution < 1.29 is 19.3 Å². The Bertz CT molecular complexity index is 1540. The topological polar surface area (TPSA) is 131 Å². The zero-order valence-electron chi connectivity index (χ0n) is 27.9. The van der Waals surface area contributed by atoms with Gasteiger partial charge in [0.1, 0.15) is 12.3 Å². The molecule has 48 heavy (non-hydrogen) atoms. The summed E-state index contributed by atoms with van der Waals surface area (Å²) in [4.78, 5) is 16.3. The van der Waals surface area contributed by atoms with Crippen molar-refractivity contribution in [3.05, 3.63) is 41.8 Å². The number of fused-ring (bicyclic) bond motifs is 2. The van der Waals surface area contributed by atoms with Crippen LogP contribution < -0.4 is 20.1 Å². The van der Waals surface area contributed by atoms with E-state index in [-0.39, 0.29) is 18.8 Å². The molecule has 6 rings (SSSR count). The number of aliphatic hydroxyl groups is 1. The van der Waals surface area contributed by atoms with E-state index in [2.05, 4.69) is 30.5 Å². The van der Waals surface area contributed by atoms with Crippen LogP contribution in [0.4, 0.5) is 11.6 Å². The van der Waals surface area contributed by atoms with Crippen molar-refractivity contribution in [3.63, 3.8) is 0 Å². The number of rotatable bonds is 14. The Hall–Kier alpha value is -2.71. The van der Waals surface area contributed by atoms with Gasteiger partial charge in [0.25, 0.3) is 5.88 Å². The first-order chi connectivity index (χ1) is 23.2. The van der Waals surface area contributed by atoms with Crippen molar-refractivity contribution in [2.24, 2.45) is 4.99 Å². The van der Waals surface area contributed by atoms with E-state index in [0.29, 0.717) is 53.0 Å². The predicted molar refractivity (Wildman–Crippen MR) is 189 cm³/mol. The predicted octanol–water partition coefficient (Wildman–Crippen LogP) is 4.55. The number of nitrogens with one attached hydrogen (secondary N) is 2. The molecule has 255 valence electrons. The second kappa shape index (κ2) is 15.9. The van der Waals surface area contributed by atoms with Crippen molar-refractivity contribution in [1.82, 2.24) is 30.0 Å². The second-order valence-electron chi connectivity index (χ2n) is 13.6. The van der Waals surface area contributed by atoms with Crippen LogP contribution in [-0.2, 0) is 4.74 Å². The summed E-state index contributed by atoms with van der Waals surface area (Å²) in [5, 5.41) is 22.0. The Morgan fingerprint density at radius 2 is 1.77 bits per heavy atom. The van der Waals surface area contributed by atoms with Gasteiger partial charge in [0.05, 0.1) is 31.1 Å². The fraction of sp³-hybridized carbons (Fsp3) is 0.559. The molecule has 1 aromatic carbocycles. The molecular formula is C34H45ClInN8O4. The van der Waals surface area contributed by atoms with Gasteiger partial charge in [0, 0.05) is 18.1 Å². The van der Waals surface area contributed by atoms with Crippen LogP contribution in [0, 0.1) is 0 Å². The number of halogens is 1. The van der Waals surface area contributed by atoms with Crippen LogP contribution in [0.15, 0.2) is 41.8 Å². The van der Waals surface area contributed by atoms with Crippen LogP contribution in [0.2, 0.25) is 5.02 Å². The van der Waals surface area contributed by atoms with Gasteiger partial charge >= 0.3 is 133 Å². The van der Waals surface area contributed by atoms with Gasteiger partial charge in [-0.15, -0.1) is 5.10 Å². The van der Waals surface area contributed by atoms with Crippen LogP contribution >= 0.6 is 11.6 Å². The summed E-state index contributed by atoms with van der Waals surface area (Å²) < 4.78 is 21.9. The zero-order chi connectivity index (χ0) is 33.7. The summed E-state index contributed by atoms with van der Waals surface area (Å²) in [5.74, 6) is 1.41. The third kappa shape index (κ3) is 8.90. The molecule has 0 amide bonds. The average Bonchev–Trinajstić information content (AvgIpc) is 3.59. The second-order valence-corrected chi connectivity index (χ2v) is 14.9. The number of benzene rings is 1. The third-order valence-corrected chi connectivity index (χ3v) is 10.00. The summed E-state index contributed by atoms with van der Waals surface area (Å²) in [7, 11) is 0. The van der Waals surface area contributed by atoms with Gasteiger partial charge in [-0.2, -0.15) is 0 Å². The Morgan fingerprint density at radius 3 is 2.46 bits per heavy atom. The standard InChI is InChI=1S/C34H45ClN8O4.In/c1-22(14-37-21-36-4)47-31-13-23(5-12-29(31)35)24-15-38-33(39-16-24)40-30-17-42(41-32(30)46-20-34(2,3)44)25-6-8-26(9-7-25)43-27-10-11-28(43)19-45-18-27;/h4-5,12-13,15-17,21-22,25-28,44H,6-11,14,18-20H2,1-3H3,(H,36,37)(H,38,39,40);/t22-,25?,26?,27-,28+;/m0./s1. The minimum atomic E-state index is -1.01. The summed E-state index contributed by atoms with van der Waals surface area (Å²) in [6.45, 7) is 7.73. The quantitative estimate of drug-likeness (QED) is 0.158. The maximum atomic E-state index is 10.4. The number of aliphatic imine (C=N–C) groups is 1. The molecule has 2 bridgehead atoms. The van der Waals surface area contributed by atoms with Crippen molar-refractivity contribution in [2.45, 2.75) is 95.2 Å². The molecule has 1 saturated carbocycles. The molecule has 1 radical (unpaired) electrons. The third-order valence-electron chi connectivity index (χ3n) is 9.13. The van der Waals surface area contributed by atoms with Gasteiger partial charge in [0.2, 0.25) is 5.95 Å². The summed E-state index contributed by atoms with van der Waals surface area (Å²) in [6.07, 6.45) is 13.9. The molecule has 0 unspecified atom stereocenters. The fourth-order valence-electron chi connectivity index (χ4n) is 6.86. The van der Waals surface area contributed by atoms with E-state index < -0.39 is 5.60 Å².